The number of nitrogens with zero attached hydrogens (tertiary/aromatic N) is 1. The van der Waals surface area contributed by atoms with Crippen LogP contribution >= 0.6 is 0 Å². The van der Waals surface area contributed by atoms with Crippen LogP contribution in [0.15, 0.2) is 18.2 Å². The summed E-state index contributed by atoms with van der Waals surface area (Å²) in [6.45, 7) is 0.848. The van der Waals surface area contributed by atoms with Crippen molar-refractivity contribution in [1.82, 2.24) is 10.2 Å². The molecule has 2 saturated heterocycles. The van der Waals surface area contributed by atoms with Gasteiger partial charge in [0.2, 0.25) is 18.6 Å². The van der Waals surface area contributed by atoms with Crippen LogP contribution in [0.1, 0.15) is 31.2 Å². The second-order valence-corrected chi connectivity index (χ2v) is 6.38. The van der Waals surface area contributed by atoms with E-state index in [4.69, 9.17) is 9.47 Å². The molecule has 2 bridgehead atoms. The summed E-state index contributed by atoms with van der Waals surface area (Å²) in [5.74, 6) is 1.72. The topological polar surface area (TPSA) is 67.9 Å². The summed E-state index contributed by atoms with van der Waals surface area (Å²) in [7, 11) is 0. The average molecular weight is 316 g/mol. The number of carbonyl (C=O) groups excluding carboxylic acids is 2. The highest BCUT2D eigenvalue weighted by molar-refractivity contribution is 5.82. The van der Waals surface area contributed by atoms with Gasteiger partial charge in [-0.3, -0.25) is 9.59 Å². The third kappa shape index (κ3) is 2.73. The van der Waals surface area contributed by atoms with Gasteiger partial charge in [0, 0.05) is 31.5 Å². The van der Waals surface area contributed by atoms with Crippen LogP contribution in [-0.4, -0.2) is 42.1 Å². The van der Waals surface area contributed by atoms with Gasteiger partial charge >= 0.3 is 0 Å². The van der Waals surface area contributed by atoms with Crippen LogP contribution in [0.25, 0.3) is 0 Å². The van der Waals surface area contributed by atoms with Crippen molar-refractivity contribution in [3.63, 3.8) is 0 Å². The molecule has 2 atom stereocenters. The van der Waals surface area contributed by atoms with Crippen molar-refractivity contribution in [2.45, 2.75) is 44.2 Å². The number of benzene rings is 1. The van der Waals surface area contributed by atoms with Crippen LogP contribution < -0.4 is 14.8 Å². The number of carbonyl (C=O) groups is 2. The van der Waals surface area contributed by atoms with Crippen molar-refractivity contribution in [2.24, 2.45) is 0 Å². The van der Waals surface area contributed by atoms with E-state index in [2.05, 4.69) is 5.32 Å². The van der Waals surface area contributed by atoms with Gasteiger partial charge < -0.3 is 19.7 Å². The first-order chi connectivity index (χ1) is 11.2. The van der Waals surface area contributed by atoms with Gasteiger partial charge in [-0.2, -0.15) is 0 Å². The molecule has 1 aromatic carbocycles. The molecule has 6 heteroatoms. The minimum Gasteiger partial charge on any atom is -0.454 e. The minimum absolute atomic E-state index is 0.0609. The fraction of sp³-hybridized carbons (Fsp3) is 0.529. The molecule has 0 unspecified atom stereocenters. The Morgan fingerprint density at radius 3 is 2.96 bits per heavy atom. The van der Waals surface area contributed by atoms with E-state index in [9.17, 15) is 9.59 Å². The predicted molar refractivity (Wildman–Crippen MR) is 82.2 cm³/mol. The average Bonchev–Trinajstić information content (AvgIpc) is 3.11. The lowest BCUT2D eigenvalue weighted by molar-refractivity contribution is -0.133. The van der Waals surface area contributed by atoms with Crippen molar-refractivity contribution in [1.29, 1.82) is 0 Å². The van der Waals surface area contributed by atoms with Crippen molar-refractivity contribution >= 4 is 11.8 Å². The van der Waals surface area contributed by atoms with Crippen LogP contribution in [0.3, 0.4) is 0 Å². The molecule has 3 aliphatic heterocycles. The Balaban J connectivity index is 1.41. The maximum absolute atomic E-state index is 12.7. The number of ether oxygens (including phenoxy) is 2. The lowest BCUT2D eigenvalue weighted by Gasteiger charge is -2.27. The lowest BCUT2D eigenvalue weighted by atomic mass is 10.1. The molecule has 2 fully saturated rings. The molecule has 0 aromatic heterocycles. The number of hydrogen-bond donors (Lipinski definition) is 1. The molecule has 0 radical (unpaired) electrons. The van der Waals surface area contributed by atoms with Crippen molar-refractivity contribution in [3.8, 4) is 11.5 Å². The number of rotatable bonds is 3. The molecule has 2 amide bonds. The fourth-order valence-corrected chi connectivity index (χ4v) is 3.76. The molecule has 0 aliphatic carbocycles. The quantitative estimate of drug-likeness (QED) is 0.911. The predicted octanol–water partition coefficient (Wildman–Crippen LogP) is 1.23. The second-order valence-electron chi connectivity index (χ2n) is 6.38. The summed E-state index contributed by atoms with van der Waals surface area (Å²) in [5, 5.41) is 2.90. The number of nitrogens with one attached hydrogen (secondary N) is 1. The molecule has 0 saturated carbocycles. The maximum atomic E-state index is 12.7. The smallest absolute Gasteiger partial charge is 0.231 e. The minimum atomic E-state index is 0.0609. The summed E-state index contributed by atoms with van der Waals surface area (Å²) in [4.78, 5) is 26.3. The number of amides is 2. The maximum Gasteiger partial charge on any atom is 0.231 e. The van der Waals surface area contributed by atoms with Gasteiger partial charge in [-0.05, 0) is 37.0 Å². The van der Waals surface area contributed by atoms with Crippen LogP contribution in [0.4, 0.5) is 0 Å². The van der Waals surface area contributed by atoms with Crippen LogP contribution in [-0.2, 0) is 16.0 Å². The Kier molecular flexibility index (Phi) is 3.59. The second kappa shape index (κ2) is 5.76. The Hall–Kier alpha value is -2.24. The van der Waals surface area contributed by atoms with Crippen molar-refractivity contribution in [2.75, 3.05) is 13.3 Å². The Labute approximate surface area is 134 Å². The van der Waals surface area contributed by atoms with Gasteiger partial charge in [0.15, 0.2) is 11.5 Å². The first-order valence-electron chi connectivity index (χ1n) is 8.17. The summed E-state index contributed by atoms with van der Waals surface area (Å²) in [6.07, 6.45) is 3.49. The van der Waals surface area contributed by atoms with Gasteiger partial charge in [0.25, 0.3) is 0 Å². The summed E-state index contributed by atoms with van der Waals surface area (Å²) in [6, 6.07) is 6.04. The molecule has 3 heterocycles. The van der Waals surface area contributed by atoms with E-state index in [0.717, 1.165) is 29.9 Å². The van der Waals surface area contributed by atoms with Gasteiger partial charge in [-0.15, -0.1) is 0 Å². The van der Waals surface area contributed by atoms with Gasteiger partial charge in [0.05, 0.1) is 0 Å². The van der Waals surface area contributed by atoms with Gasteiger partial charge in [0.1, 0.15) is 0 Å². The summed E-state index contributed by atoms with van der Waals surface area (Å²) >= 11 is 0. The third-order valence-electron chi connectivity index (χ3n) is 4.93. The van der Waals surface area contributed by atoms with Crippen LogP contribution in [0, 0.1) is 0 Å². The van der Waals surface area contributed by atoms with Gasteiger partial charge in [-0.25, -0.2) is 0 Å². The lowest BCUT2D eigenvalue weighted by Crippen LogP contribution is -2.42. The molecule has 122 valence electrons. The first-order valence-corrected chi connectivity index (χ1v) is 8.17. The largest absolute Gasteiger partial charge is 0.454 e. The monoisotopic (exact) mass is 316 g/mol. The Morgan fingerprint density at radius 1 is 1.22 bits per heavy atom. The molecule has 4 rings (SSSR count). The molecule has 6 nitrogen and oxygen atoms in total. The highest BCUT2D eigenvalue weighted by Crippen LogP contribution is 2.33. The van der Waals surface area contributed by atoms with E-state index in [1.165, 1.54) is 0 Å². The highest BCUT2D eigenvalue weighted by atomic mass is 16.7. The zero-order valence-corrected chi connectivity index (χ0v) is 12.9. The van der Waals surface area contributed by atoms with Crippen molar-refractivity contribution in [3.05, 3.63) is 23.8 Å². The van der Waals surface area contributed by atoms with E-state index < -0.39 is 0 Å². The van der Waals surface area contributed by atoms with Crippen LogP contribution in [0.2, 0.25) is 0 Å². The molecule has 3 aliphatic rings. The van der Waals surface area contributed by atoms with Crippen molar-refractivity contribution < 1.29 is 19.1 Å². The van der Waals surface area contributed by atoms with Crippen LogP contribution in [0.5, 0.6) is 11.5 Å². The Morgan fingerprint density at radius 2 is 2.04 bits per heavy atom. The zero-order valence-electron chi connectivity index (χ0n) is 12.9. The molecule has 1 N–H and O–H groups in total. The number of fused-ring (bicyclic) bond motifs is 3. The van der Waals surface area contributed by atoms with E-state index in [0.29, 0.717) is 25.8 Å². The zero-order chi connectivity index (χ0) is 15.8. The third-order valence-corrected chi connectivity index (χ3v) is 4.93. The first kappa shape index (κ1) is 14.4. The van der Waals surface area contributed by atoms with E-state index >= 15 is 0 Å². The fourth-order valence-electron chi connectivity index (χ4n) is 3.76. The number of aryl methyl sites for hydroxylation is 1. The highest BCUT2D eigenvalue weighted by Gasteiger charge is 2.39. The molecule has 23 heavy (non-hydrogen) atoms. The Bertz CT molecular complexity index is 645. The van der Waals surface area contributed by atoms with E-state index in [1.807, 2.05) is 23.1 Å². The number of hydrogen-bond acceptors (Lipinski definition) is 4. The molecule has 1 aromatic rings. The standard InChI is InChI=1S/C17H20N2O4/c20-16-8-12-3-4-13(9-18-16)19(12)17(21)6-2-11-1-5-14-15(7-11)23-10-22-14/h1,5,7,12-13H,2-4,6,8-10H2,(H,18,20)/t12-,13+/m1/s1. The van der Waals surface area contributed by atoms with E-state index in [1.54, 1.807) is 0 Å². The molecule has 0 spiro atoms. The normalized spacial score (nSPS) is 25.2. The molecular weight excluding hydrogens is 296 g/mol. The summed E-state index contributed by atoms with van der Waals surface area (Å²) < 4.78 is 10.7. The SMILES string of the molecule is O=C1C[C@H]2CC[C@@H](CN1)N2C(=O)CCc1ccc2c(c1)OCO2. The molecular formula is C17H20N2O4. The summed E-state index contributed by atoms with van der Waals surface area (Å²) in [5.41, 5.74) is 1.07. The van der Waals surface area contributed by atoms with Gasteiger partial charge in [-0.1, -0.05) is 6.07 Å². The van der Waals surface area contributed by atoms with E-state index in [-0.39, 0.29) is 30.7 Å².